The zero-order chi connectivity index (χ0) is 53.6. The van der Waals surface area contributed by atoms with Gasteiger partial charge < -0.3 is 20.3 Å². The minimum atomic E-state index is -0.669. The van der Waals surface area contributed by atoms with Gasteiger partial charge in [-0.2, -0.15) is 0 Å². The molecule has 0 spiro atoms. The van der Waals surface area contributed by atoms with Crippen LogP contribution in [0.25, 0.3) is 0 Å². The molecule has 2 unspecified atom stereocenters. The monoisotopic (exact) mass is 1040 g/mol. The minimum Gasteiger partial charge on any atom is -0.466 e. The molecule has 3 N–H and O–H groups in total. The van der Waals surface area contributed by atoms with Crippen molar-refractivity contribution in [3.8, 4) is 0 Å². The van der Waals surface area contributed by atoms with Crippen LogP contribution in [0.3, 0.4) is 0 Å². The van der Waals surface area contributed by atoms with Crippen molar-refractivity contribution in [1.29, 1.82) is 0 Å². The summed E-state index contributed by atoms with van der Waals surface area (Å²) in [6.07, 6.45) is 80.2. The summed E-state index contributed by atoms with van der Waals surface area (Å²) in [5, 5.41) is 23.4. The van der Waals surface area contributed by atoms with Crippen LogP contribution in [0.4, 0.5) is 0 Å². The van der Waals surface area contributed by atoms with Gasteiger partial charge in [0.15, 0.2) is 0 Å². The van der Waals surface area contributed by atoms with Crippen LogP contribution in [-0.4, -0.2) is 47.4 Å². The van der Waals surface area contributed by atoms with E-state index >= 15 is 0 Å². The van der Waals surface area contributed by atoms with Gasteiger partial charge in [0.1, 0.15) is 0 Å². The molecule has 0 aliphatic carbocycles. The molecule has 0 rings (SSSR count). The molecule has 1 amide bonds. The van der Waals surface area contributed by atoms with Crippen LogP contribution in [0.15, 0.2) is 36.5 Å². The van der Waals surface area contributed by atoms with Gasteiger partial charge in [0.05, 0.1) is 25.4 Å². The lowest BCUT2D eigenvalue weighted by Crippen LogP contribution is -2.45. The fourth-order valence-corrected chi connectivity index (χ4v) is 10.3. The number of aliphatic hydroxyl groups is 2. The Morgan fingerprint density at radius 1 is 0.378 bits per heavy atom. The maximum atomic E-state index is 12.5. The highest BCUT2D eigenvalue weighted by Crippen LogP contribution is 2.18. The molecule has 0 saturated carbocycles. The zero-order valence-corrected chi connectivity index (χ0v) is 49.8. The van der Waals surface area contributed by atoms with Crippen molar-refractivity contribution >= 4 is 11.9 Å². The molecule has 0 fully saturated rings. The summed E-state index contributed by atoms with van der Waals surface area (Å²) in [6, 6.07) is -0.547. The second-order valence-corrected chi connectivity index (χ2v) is 22.8. The Balaban J connectivity index is 3.42. The van der Waals surface area contributed by atoms with E-state index in [1.165, 1.54) is 276 Å². The predicted octanol–water partition coefficient (Wildman–Crippen LogP) is 21.1. The van der Waals surface area contributed by atoms with E-state index in [4.69, 9.17) is 4.74 Å². The number of hydrogen-bond acceptors (Lipinski definition) is 5. The second kappa shape index (κ2) is 63.6. The summed E-state index contributed by atoms with van der Waals surface area (Å²) in [5.41, 5.74) is 0. The lowest BCUT2D eigenvalue weighted by Gasteiger charge is -2.22. The normalized spacial score (nSPS) is 12.8. The first-order valence-corrected chi connectivity index (χ1v) is 33.2. The molecule has 0 aromatic carbocycles. The lowest BCUT2D eigenvalue weighted by atomic mass is 10.0. The highest BCUT2D eigenvalue weighted by atomic mass is 16.5. The average Bonchev–Trinajstić information content (AvgIpc) is 3.40. The van der Waals surface area contributed by atoms with Gasteiger partial charge >= 0.3 is 5.97 Å². The maximum absolute atomic E-state index is 12.5. The summed E-state index contributed by atoms with van der Waals surface area (Å²) in [6.45, 7) is 4.93. The van der Waals surface area contributed by atoms with E-state index in [1.807, 2.05) is 0 Å². The Morgan fingerprint density at radius 2 is 0.689 bits per heavy atom. The van der Waals surface area contributed by atoms with Gasteiger partial charge in [0, 0.05) is 12.8 Å². The maximum Gasteiger partial charge on any atom is 0.305 e. The molecule has 6 heteroatoms. The number of aliphatic hydroxyl groups excluding tert-OH is 2. The third kappa shape index (κ3) is 59.3. The van der Waals surface area contributed by atoms with Crippen LogP contribution in [0.5, 0.6) is 0 Å². The molecule has 6 nitrogen and oxygen atoms in total. The molecule has 0 bridgehead atoms. The van der Waals surface area contributed by atoms with Crippen LogP contribution in [0, 0.1) is 0 Å². The number of rotatable bonds is 62. The summed E-state index contributed by atoms with van der Waals surface area (Å²) < 4.78 is 5.47. The predicted molar refractivity (Wildman–Crippen MR) is 324 cm³/mol. The highest BCUT2D eigenvalue weighted by molar-refractivity contribution is 5.76. The Kier molecular flexibility index (Phi) is 62.0. The van der Waals surface area contributed by atoms with Crippen LogP contribution in [0.2, 0.25) is 0 Å². The second-order valence-electron chi connectivity index (χ2n) is 22.8. The van der Waals surface area contributed by atoms with Crippen molar-refractivity contribution < 1.29 is 24.5 Å². The van der Waals surface area contributed by atoms with Crippen LogP contribution < -0.4 is 5.32 Å². The van der Waals surface area contributed by atoms with E-state index in [0.717, 1.165) is 51.4 Å². The van der Waals surface area contributed by atoms with Crippen LogP contribution in [0.1, 0.15) is 361 Å². The van der Waals surface area contributed by atoms with Crippen molar-refractivity contribution in [2.24, 2.45) is 0 Å². The van der Waals surface area contributed by atoms with Gasteiger partial charge in [0.25, 0.3) is 0 Å². The fourth-order valence-electron chi connectivity index (χ4n) is 10.3. The van der Waals surface area contributed by atoms with E-state index in [1.54, 1.807) is 0 Å². The molecule has 0 aromatic rings. The number of esters is 1. The highest BCUT2D eigenvalue weighted by Gasteiger charge is 2.20. The van der Waals surface area contributed by atoms with Gasteiger partial charge in [0.2, 0.25) is 5.91 Å². The van der Waals surface area contributed by atoms with Crippen LogP contribution in [-0.2, 0) is 14.3 Å². The number of nitrogens with one attached hydrogen (secondary N) is 1. The van der Waals surface area contributed by atoms with E-state index in [2.05, 4.69) is 55.6 Å². The molecule has 0 aliphatic rings. The Hall–Kier alpha value is -1.92. The Bertz CT molecular complexity index is 1200. The molecule has 2 atom stereocenters. The largest absolute Gasteiger partial charge is 0.466 e. The van der Waals surface area contributed by atoms with E-state index in [-0.39, 0.29) is 18.5 Å². The van der Waals surface area contributed by atoms with E-state index < -0.39 is 12.1 Å². The van der Waals surface area contributed by atoms with Crippen molar-refractivity contribution in [2.75, 3.05) is 13.2 Å². The molecule has 0 aliphatic heterocycles. The number of unbranched alkanes of at least 4 members (excludes halogenated alkanes) is 45. The summed E-state index contributed by atoms with van der Waals surface area (Å²) >= 11 is 0. The molecule has 74 heavy (non-hydrogen) atoms. The molecule has 0 saturated heterocycles. The summed E-state index contributed by atoms with van der Waals surface area (Å²) in [4.78, 5) is 24.6. The van der Waals surface area contributed by atoms with E-state index in [0.29, 0.717) is 25.9 Å². The van der Waals surface area contributed by atoms with Gasteiger partial charge in [-0.05, 0) is 77.0 Å². The smallest absolute Gasteiger partial charge is 0.305 e. The van der Waals surface area contributed by atoms with Gasteiger partial charge in [-0.15, -0.1) is 0 Å². The number of hydrogen-bond donors (Lipinski definition) is 3. The number of ether oxygens (including phenoxy) is 1. The van der Waals surface area contributed by atoms with Crippen LogP contribution >= 0.6 is 0 Å². The van der Waals surface area contributed by atoms with Crippen molar-refractivity contribution in [3.63, 3.8) is 0 Å². The van der Waals surface area contributed by atoms with Crippen molar-refractivity contribution in [3.05, 3.63) is 36.5 Å². The summed E-state index contributed by atoms with van der Waals surface area (Å²) in [7, 11) is 0. The number of amides is 1. The molecule has 0 heterocycles. The lowest BCUT2D eigenvalue weighted by molar-refractivity contribution is -0.143. The number of carbonyl (C=O) groups is 2. The first kappa shape index (κ1) is 72.1. The van der Waals surface area contributed by atoms with E-state index in [9.17, 15) is 19.8 Å². The Morgan fingerprint density at radius 3 is 1.08 bits per heavy atom. The zero-order valence-electron chi connectivity index (χ0n) is 49.8. The fraction of sp³-hybridized carbons (Fsp3) is 0.882. The minimum absolute atomic E-state index is 0.00278. The summed E-state index contributed by atoms with van der Waals surface area (Å²) in [5.74, 6) is -0.0411. The molecular weight excluding hydrogens is 911 g/mol. The number of carbonyl (C=O) groups excluding carboxylic acids is 2. The standard InChI is InChI=1S/C68H129NO5/c1-3-5-7-9-11-13-15-17-19-20-21-27-30-33-36-40-44-48-52-56-60-66(71)65(64-70)69-67(72)61-57-53-49-45-41-37-34-31-28-25-23-22-24-26-29-32-35-39-43-47-51-55-59-63-74-68(73)62-58-54-50-46-42-38-18-16-14-12-10-8-6-4-2/h10,12,16,18,25,28,65-66,70-71H,3-9,11,13-15,17,19-24,26-27,29-64H2,1-2H3,(H,69,72)/b12-10-,18-16-,28-25-. The SMILES string of the molecule is CCCC/C=C\C/C=C\CCCCCCCC(=O)OCCCCCCCCCCCCCC/C=C\CCCCCCCCCC(=O)NC(CO)C(O)CCCCCCCCCCCCCCCCCCCCCC. The first-order valence-electron chi connectivity index (χ1n) is 33.2. The third-order valence-corrected chi connectivity index (χ3v) is 15.4. The third-order valence-electron chi connectivity index (χ3n) is 15.4. The van der Waals surface area contributed by atoms with Crippen molar-refractivity contribution in [1.82, 2.24) is 5.32 Å². The topological polar surface area (TPSA) is 95.9 Å². The Labute approximate surface area is 462 Å². The molecule has 0 radical (unpaired) electrons. The number of allylic oxidation sites excluding steroid dienone is 6. The molecular formula is C68H129NO5. The van der Waals surface area contributed by atoms with Gasteiger partial charge in [-0.25, -0.2) is 0 Å². The average molecular weight is 1040 g/mol. The quantitative estimate of drug-likeness (QED) is 0.0320. The molecule has 436 valence electrons. The van der Waals surface area contributed by atoms with Gasteiger partial charge in [-0.1, -0.05) is 307 Å². The van der Waals surface area contributed by atoms with Gasteiger partial charge in [-0.3, -0.25) is 9.59 Å². The molecule has 0 aromatic heterocycles. The van der Waals surface area contributed by atoms with Crippen molar-refractivity contribution in [2.45, 2.75) is 373 Å². The first-order chi connectivity index (χ1) is 36.5.